The second kappa shape index (κ2) is 2.48. The van der Waals surface area contributed by atoms with E-state index in [4.69, 9.17) is 39.7 Å². The highest BCUT2D eigenvalue weighted by atomic mass is 35.5. The number of alkyl halides is 3. The zero-order chi connectivity index (χ0) is 8.91. The molecule has 1 aliphatic heterocycles. The second-order valence-corrected chi connectivity index (χ2v) is 5.37. The van der Waals surface area contributed by atoms with Crippen molar-refractivity contribution in [2.45, 2.75) is 16.5 Å². The van der Waals surface area contributed by atoms with Gasteiger partial charge in [0.15, 0.2) is 0 Å². The van der Waals surface area contributed by atoms with E-state index in [1.165, 1.54) is 6.92 Å². The Hall–Kier alpha value is 0.980. The molecular formula is C3H4Cl3O4P. The molecule has 0 aromatic heterocycles. The molecule has 66 valence electrons. The summed E-state index contributed by atoms with van der Waals surface area (Å²) in [7, 11) is -4.18. The highest BCUT2D eigenvalue weighted by Gasteiger charge is 2.61. The predicted molar refractivity (Wildman–Crippen MR) is 40.7 cm³/mol. The maximum Gasteiger partial charge on any atom is 0.476 e. The lowest BCUT2D eigenvalue weighted by Gasteiger charge is -2.20. The van der Waals surface area contributed by atoms with Crippen LogP contribution in [0.25, 0.3) is 0 Å². The van der Waals surface area contributed by atoms with E-state index in [2.05, 4.69) is 9.05 Å². The minimum absolute atomic E-state index is 1.23. The number of phosphoric ester groups is 1. The van der Waals surface area contributed by atoms with Crippen molar-refractivity contribution in [2.75, 3.05) is 0 Å². The number of hydrogen-bond acceptors (Lipinski definition) is 3. The molecular weight excluding hydrogens is 237 g/mol. The van der Waals surface area contributed by atoms with Gasteiger partial charge in [0.25, 0.3) is 4.52 Å². The van der Waals surface area contributed by atoms with Gasteiger partial charge < -0.3 is 4.89 Å². The zero-order valence-electron chi connectivity index (χ0n) is 5.25. The number of phosphoric acid groups is 1. The Bertz CT molecular complexity index is 207. The highest BCUT2D eigenvalue weighted by Crippen LogP contribution is 2.65. The van der Waals surface area contributed by atoms with E-state index in [0.717, 1.165) is 0 Å². The molecule has 1 heterocycles. The third-order valence-corrected chi connectivity index (χ3v) is 3.87. The topological polar surface area (TPSA) is 55.8 Å². The minimum Gasteiger partial charge on any atom is -0.302 e. The fourth-order valence-corrected chi connectivity index (χ4v) is 2.64. The van der Waals surface area contributed by atoms with Crippen LogP contribution in [0.4, 0.5) is 0 Å². The lowest BCUT2D eigenvalue weighted by atomic mass is 10.4. The van der Waals surface area contributed by atoms with E-state index in [-0.39, 0.29) is 0 Å². The number of hydrogen-bond donors (Lipinski definition) is 1. The SMILES string of the molecule is CC1(Cl)OP(=O)(O)OC1(Cl)Cl. The van der Waals surface area contributed by atoms with Crippen LogP contribution in [0, 0.1) is 0 Å². The molecule has 0 aromatic rings. The van der Waals surface area contributed by atoms with E-state index in [1.807, 2.05) is 0 Å². The first-order valence-electron chi connectivity index (χ1n) is 2.47. The second-order valence-electron chi connectivity index (χ2n) is 2.08. The fraction of sp³-hybridized carbons (Fsp3) is 1.00. The van der Waals surface area contributed by atoms with Crippen LogP contribution in [0.2, 0.25) is 0 Å². The van der Waals surface area contributed by atoms with Crippen LogP contribution in [-0.2, 0) is 13.6 Å². The standard InChI is InChI=1S/C3H4Cl3O4P/c1-2(4)3(5,6)10-11(7,8)9-2/h1H3,(H,7,8). The first-order valence-corrected chi connectivity index (χ1v) is 5.10. The van der Waals surface area contributed by atoms with Gasteiger partial charge in [0.05, 0.1) is 0 Å². The summed E-state index contributed by atoms with van der Waals surface area (Å²) in [5.74, 6) is 0. The van der Waals surface area contributed by atoms with Crippen LogP contribution in [0.5, 0.6) is 0 Å². The predicted octanol–water partition coefficient (Wildman–Crippen LogP) is 2.22. The molecule has 2 atom stereocenters. The summed E-state index contributed by atoms with van der Waals surface area (Å²) in [5, 5.41) is -1.71. The van der Waals surface area contributed by atoms with Gasteiger partial charge in [-0.15, -0.1) is 0 Å². The van der Waals surface area contributed by atoms with Gasteiger partial charge in [0, 0.05) is 0 Å². The van der Waals surface area contributed by atoms with Crippen molar-refractivity contribution in [3.63, 3.8) is 0 Å². The summed E-state index contributed by atoms with van der Waals surface area (Å²) in [6, 6.07) is 0. The summed E-state index contributed by atoms with van der Waals surface area (Å²) in [5.41, 5.74) is 0. The Kier molecular flexibility index (Phi) is 2.27. The van der Waals surface area contributed by atoms with E-state index < -0.39 is 17.4 Å². The van der Waals surface area contributed by atoms with E-state index in [9.17, 15) is 4.57 Å². The zero-order valence-corrected chi connectivity index (χ0v) is 8.42. The summed E-state index contributed by atoms with van der Waals surface area (Å²) in [6.45, 7) is 1.23. The van der Waals surface area contributed by atoms with Gasteiger partial charge in [-0.3, -0.25) is 4.52 Å². The Morgan fingerprint density at radius 1 is 1.36 bits per heavy atom. The average molecular weight is 241 g/mol. The fourth-order valence-electron chi connectivity index (χ4n) is 0.515. The quantitative estimate of drug-likeness (QED) is 0.522. The molecule has 2 unspecified atom stereocenters. The van der Waals surface area contributed by atoms with Crippen molar-refractivity contribution in [1.82, 2.24) is 0 Å². The molecule has 0 aliphatic carbocycles. The summed E-state index contributed by atoms with van der Waals surface area (Å²) < 4.78 is 17.3. The maximum absolute atomic E-state index is 10.7. The van der Waals surface area contributed by atoms with Crippen LogP contribution in [-0.4, -0.2) is 14.5 Å². The van der Waals surface area contributed by atoms with Gasteiger partial charge in [-0.25, -0.2) is 9.09 Å². The van der Waals surface area contributed by atoms with Gasteiger partial charge in [-0.1, -0.05) is 34.8 Å². The lowest BCUT2D eigenvalue weighted by molar-refractivity contribution is 0.159. The lowest BCUT2D eigenvalue weighted by Crippen LogP contribution is -2.34. The highest BCUT2D eigenvalue weighted by molar-refractivity contribution is 7.48. The summed E-state index contributed by atoms with van der Waals surface area (Å²) in [4.78, 5) is 8.72. The molecule has 0 aromatic carbocycles. The first kappa shape index (κ1) is 10.1. The van der Waals surface area contributed by atoms with Crippen LogP contribution in [0.3, 0.4) is 0 Å². The molecule has 1 N–H and O–H groups in total. The molecule has 0 saturated carbocycles. The van der Waals surface area contributed by atoms with Crippen molar-refractivity contribution in [1.29, 1.82) is 0 Å². The van der Waals surface area contributed by atoms with E-state index >= 15 is 0 Å². The van der Waals surface area contributed by atoms with Crippen molar-refractivity contribution < 1.29 is 18.5 Å². The average Bonchev–Trinajstić information content (AvgIpc) is 1.66. The van der Waals surface area contributed by atoms with E-state index in [1.54, 1.807) is 0 Å². The molecule has 4 nitrogen and oxygen atoms in total. The molecule has 0 radical (unpaired) electrons. The van der Waals surface area contributed by atoms with Crippen molar-refractivity contribution in [2.24, 2.45) is 0 Å². The van der Waals surface area contributed by atoms with Crippen LogP contribution >= 0.6 is 42.6 Å². The van der Waals surface area contributed by atoms with Crippen molar-refractivity contribution in [3.8, 4) is 0 Å². The first-order chi connectivity index (χ1) is 4.66. The number of rotatable bonds is 0. The van der Waals surface area contributed by atoms with Crippen LogP contribution < -0.4 is 0 Å². The van der Waals surface area contributed by atoms with Gasteiger partial charge in [0.2, 0.25) is 5.06 Å². The third kappa shape index (κ3) is 1.83. The Morgan fingerprint density at radius 3 is 1.91 bits per heavy atom. The summed E-state index contributed by atoms with van der Waals surface area (Å²) >= 11 is 16.3. The van der Waals surface area contributed by atoms with Gasteiger partial charge >= 0.3 is 7.82 Å². The normalized spacial score (nSPS) is 49.5. The summed E-state index contributed by atoms with van der Waals surface area (Å²) in [6.07, 6.45) is 0. The molecule has 11 heavy (non-hydrogen) atoms. The van der Waals surface area contributed by atoms with E-state index in [0.29, 0.717) is 0 Å². The molecule has 0 spiro atoms. The molecule has 8 heteroatoms. The van der Waals surface area contributed by atoms with Crippen molar-refractivity contribution in [3.05, 3.63) is 0 Å². The molecule has 0 amide bonds. The maximum atomic E-state index is 10.7. The van der Waals surface area contributed by atoms with Crippen LogP contribution in [0.15, 0.2) is 0 Å². The molecule has 0 bridgehead atoms. The molecule has 1 fully saturated rings. The van der Waals surface area contributed by atoms with Crippen molar-refractivity contribution >= 4 is 42.6 Å². The monoisotopic (exact) mass is 240 g/mol. The Morgan fingerprint density at radius 2 is 1.82 bits per heavy atom. The smallest absolute Gasteiger partial charge is 0.302 e. The molecule has 1 rings (SSSR count). The Balaban J connectivity index is 2.98. The largest absolute Gasteiger partial charge is 0.476 e. The van der Waals surface area contributed by atoms with Gasteiger partial charge in [0.1, 0.15) is 0 Å². The Labute approximate surface area is 77.9 Å². The molecule has 1 aliphatic rings. The van der Waals surface area contributed by atoms with Gasteiger partial charge in [-0.05, 0) is 6.92 Å². The van der Waals surface area contributed by atoms with Crippen LogP contribution in [0.1, 0.15) is 6.92 Å². The third-order valence-electron chi connectivity index (χ3n) is 1.04. The molecule has 1 saturated heterocycles. The number of halogens is 3. The minimum atomic E-state index is -4.18. The van der Waals surface area contributed by atoms with Gasteiger partial charge in [-0.2, -0.15) is 0 Å².